The van der Waals surface area contributed by atoms with Crippen LogP contribution in [-0.2, 0) is 0 Å². The van der Waals surface area contributed by atoms with Crippen LogP contribution in [0.4, 0.5) is 0 Å². The zero-order valence-corrected chi connectivity index (χ0v) is 14.7. The highest BCUT2D eigenvalue weighted by Gasteiger charge is 2.27. The zero-order valence-electron chi connectivity index (χ0n) is 14.7. The quantitative estimate of drug-likeness (QED) is 0.789. The molecule has 2 aromatic heterocycles. The van der Waals surface area contributed by atoms with Gasteiger partial charge in [-0.3, -0.25) is 4.79 Å². The number of hydrogen-bond donors (Lipinski definition) is 1. The maximum atomic E-state index is 12.8. The number of hydrogen-bond acceptors (Lipinski definition) is 4. The molecule has 3 heterocycles. The molecule has 1 aliphatic rings. The van der Waals surface area contributed by atoms with E-state index < -0.39 is 0 Å². The molecule has 1 unspecified atom stereocenters. The van der Waals surface area contributed by atoms with Crippen molar-refractivity contribution in [2.24, 2.45) is 0 Å². The summed E-state index contributed by atoms with van der Waals surface area (Å²) in [5, 5.41) is 0. The van der Waals surface area contributed by atoms with Gasteiger partial charge in [0.2, 0.25) is 0 Å². The van der Waals surface area contributed by atoms with Crippen LogP contribution in [0.2, 0.25) is 0 Å². The molecule has 1 atom stereocenters. The molecule has 0 bridgehead atoms. The third-order valence-corrected chi connectivity index (χ3v) is 4.71. The van der Waals surface area contributed by atoms with Gasteiger partial charge in [-0.15, -0.1) is 0 Å². The molecule has 1 saturated heterocycles. The maximum absolute atomic E-state index is 12.8. The van der Waals surface area contributed by atoms with Crippen molar-refractivity contribution in [1.82, 2.24) is 24.8 Å². The van der Waals surface area contributed by atoms with E-state index in [1.54, 1.807) is 12.4 Å². The summed E-state index contributed by atoms with van der Waals surface area (Å²) in [6.07, 6.45) is 5.44. The minimum Gasteiger partial charge on any atom is -0.343 e. The second-order valence-corrected chi connectivity index (χ2v) is 6.65. The van der Waals surface area contributed by atoms with Gasteiger partial charge in [-0.2, -0.15) is 0 Å². The second-order valence-electron chi connectivity index (χ2n) is 6.65. The number of carbonyl (C=O) groups is 1. The summed E-state index contributed by atoms with van der Waals surface area (Å²) < 4.78 is 0. The van der Waals surface area contributed by atoms with E-state index in [1.165, 1.54) is 0 Å². The molecule has 1 N–H and O–H groups in total. The van der Waals surface area contributed by atoms with E-state index >= 15 is 0 Å². The van der Waals surface area contributed by atoms with E-state index in [-0.39, 0.29) is 11.8 Å². The van der Waals surface area contributed by atoms with E-state index in [9.17, 15) is 4.79 Å². The van der Waals surface area contributed by atoms with Crippen molar-refractivity contribution in [2.75, 3.05) is 13.1 Å². The topological polar surface area (TPSA) is 74.8 Å². The van der Waals surface area contributed by atoms with Crippen LogP contribution in [-0.4, -0.2) is 43.8 Å². The van der Waals surface area contributed by atoms with Gasteiger partial charge < -0.3 is 9.88 Å². The Morgan fingerprint density at radius 1 is 1.23 bits per heavy atom. The summed E-state index contributed by atoms with van der Waals surface area (Å²) >= 11 is 0. The number of aryl methyl sites for hydroxylation is 1. The van der Waals surface area contributed by atoms with Gasteiger partial charge in [0.1, 0.15) is 11.5 Å². The summed E-state index contributed by atoms with van der Waals surface area (Å²) in [6, 6.07) is 11.4. The molecule has 3 aromatic rings. The normalized spacial score (nSPS) is 17.3. The zero-order chi connectivity index (χ0) is 17.9. The Hall–Kier alpha value is -3.02. The fourth-order valence-corrected chi connectivity index (χ4v) is 3.44. The molecule has 1 aromatic carbocycles. The third-order valence-electron chi connectivity index (χ3n) is 4.71. The lowest BCUT2D eigenvalue weighted by Crippen LogP contribution is -2.39. The fourth-order valence-electron chi connectivity index (χ4n) is 3.44. The molecule has 0 spiro atoms. The summed E-state index contributed by atoms with van der Waals surface area (Å²) in [6.45, 7) is 3.39. The van der Waals surface area contributed by atoms with Gasteiger partial charge in [0.15, 0.2) is 5.82 Å². The third kappa shape index (κ3) is 3.35. The number of carbonyl (C=O) groups excluding carboxylic acids is 1. The Morgan fingerprint density at radius 3 is 2.85 bits per heavy atom. The standard InChI is InChI=1S/C20H21N5O/c1-14-12-17(19-21-9-10-22-19)24-18(23-14)16-8-5-11-25(13-16)20(26)15-6-3-2-4-7-15/h2-4,6-7,9-10,12,16H,5,8,11,13H2,1H3,(H,21,22). The largest absolute Gasteiger partial charge is 0.343 e. The summed E-state index contributed by atoms with van der Waals surface area (Å²) in [4.78, 5) is 31.4. The smallest absolute Gasteiger partial charge is 0.253 e. The van der Waals surface area contributed by atoms with Gasteiger partial charge in [0, 0.05) is 42.7 Å². The lowest BCUT2D eigenvalue weighted by atomic mass is 9.96. The number of aromatic nitrogens is 4. The van der Waals surface area contributed by atoms with Gasteiger partial charge in [-0.1, -0.05) is 18.2 Å². The highest BCUT2D eigenvalue weighted by atomic mass is 16.2. The van der Waals surface area contributed by atoms with E-state index in [0.717, 1.165) is 48.0 Å². The minimum atomic E-state index is 0.0780. The molecule has 6 nitrogen and oxygen atoms in total. The molecule has 1 aliphatic heterocycles. The van der Waals surface area contributed by atoms with Gasteiger partial charge in [0.25, 0.3) is 5.91 Å². The van der Waals surface area contributed by atoms with Gasteiger partial charge in [-0.05, 0) is 38.0 Å². The van der Waals surface area contributed by atoms with E-state index in [1.807, 2.05) is 48.2 Å². The molecule has 0 radical (unpaired) electrons. The number of nitrogens with one attached hydrogen (secondary N) is 1. The van der Waals surface area contributed by atoms with Gasteiger partial charge in [-0.25, -0.2) is 15.0 Å². The average molecular weight is 347 g/mol. The maximum Gasteiger partial charge on any atom is 0.253 e. The van der Waals surface area contributed by atoms with Crippen LogP contribution in [0.25, 0.3) is 11.5 Å². The first-order chi connectivity index (χ1) is 12.7. The van der Waals surface area contributed by atoms with Crippen molar-refractivity contribution >= 4 is 5.91 Å². The minimum absolute atomic E-state index is 0.0780. The predicted molar refractivity (Wildman–Crippen MR) is 98.7 cm³/mol. The van der Waals surface area contributed by atoms with Gasteiger partial charge >= 0.3 is 0 Å². The molecule has 6 heteroatoms. The van der Waals surface area contributed by atoms with Crippen LogP contribution in [0.3, 0.4) is 0 Å². The molecule has 4 rings (SSSR count). The first kappa shape index (κ1) is 16.4. The molecular formula is C20H21N5O. The molecule has 0 saturated carbocycles. The monoisotopic (exact) mass is 347 g/mol. The van der Waals surface area contributed by atoms with E-state index in [4.69, 9.17) is 4.98 Å². The van der Waals surface area contributed by atoms with Crippen molar-refractivity contribution in [1.29, 1.82) is 0 Å². The second kappa shape index (κ2) is 7.07. The summed E-state index contributed by atoms with van der Waals surface area (Å²) in [5.74, 6) is 1.76. The van der Waals surface area contributed by atoms with Crippen molar-refractivity contribution in [3.63, 3.8) is 0 Å². The van der Waals surface area contributed by atoms with Gasteiger partial charge in [0.05, 0.1) is 0 Å². The van der Waals surface area contributed by atoms with Crippen LogP contribution in [0.5, 0.6) is 0 Å². The Morgan fingerprint density at radius 2 is 2.08 bits per heavy atom. The van der Waals surface area contributed by atoms with Crippen LogP contribution < -0.4 is 0 Å². The Bertz CT molecular complexity index is 892. The summed E-state index contributed by atoms with van der Waals surface area (Å²) in [5.41, 5.74) is 2.44. The number of aromatic amines is 1. The molecule has 132 valence electrons. The molecular weight excluding hydrogens is 326 g/mol. The average Bonchev–Trinajstić information content (AvgIpc) is 3.23. The lowest BCUT2D eigenvalue weighted by Gasteiger charge is -2.32. The number of imidazole rings is 1. The van der Waals surface area contributed by atoms with E-state index in [2.05, 4.69) is 15.0 Å². The number of amides is 1. The van der Waals surface area contributed by atoms with Crippen LogP contribution in [0.1, 0.15) is 40.6 Å². The molecule has 1 fully saturated rings. The van der Waals surface area contributed by atoms with Crippen LogP contribution >= 0.6 is 0 Å². The summed E-state index contributed by atoms with van der Waals surface area (Å²) in [7, 11) is 0. The number of nitrogens with zero attached hydrogens (tertiary/aromatic N) is 4. The van der Waals surface area contributed by atoms with Crippen molar-refractivity contribution < 1.29 is 4.79 Å². The van der Waals surface area contributed by atoms with Crippen LogP contribution in [0.15, 0.2) is 48.8 Å². The first-order valence-corrected chi connectivity index (χ1v) is 8.90. The Balaban J connectivity index is 1.57. The number of piperidine rings is 1. The SMILES string of the molecule is Cc1cc(-c2ncc[nH]2)nc(C2CCCN(C(=O)c3ccccc3)C2)n1. The fraction of sp³-hybridized carbons (Fsp3) is 0.300. The van der Waals surface area contributed by atoms with E-state index in [0.29, 0.717) is 6.54 Å². The van der Waals surface area contributed by atoms with Crippen LogP contribution in [0, 0.1) is 6.92 Å². The highest BCUT2D eigenvalue weighted by molar-refractivity contribution is 5.94. The molecule has 0 aliphatic carbocycles. The Labute approximate surface area is 152 Å². The van der Waals surface area contributed by atoms with Crippen molar-refractivity contribution in [3.05, 3.63) is 65.9 Å². The molecule has 1 amide bonds. The number of benzene rings is 1. The number of rotatable bonds is 3. The van der Waals surface area contributed by atoms with Crippen molar-refractivity contribution in [2.45, 2.75) is 25.7 Å². The highest BCUT2D eigenvalue weighted by Crippen LogP contribution is 2.27. The van der Waals surface area contributed by atoms with Crippen molar-refractivity contribution in [3.8, 4) is 11.5 Å². The number of H-pyrrole nitrogens is 1. The number of likely N-dealkylation sites (tertiary alicyclic amines) is 1. The lowest BCUT2D eigenvalue weighted by molar-refractivity contribution is 0.0704. The first-order valence-electron chi connectivity index (χ1n) is 8.90. The predicted octanol–water partition coefficient (Wildman–Crippen LogP) is 3.19. The Kier molecular flexibility index (Phi) is 4.48. The molecule has 26 heavy (non-hydrogen) atoms.